The summed E-state index contributed by atoms with van der Waals surface area (Å²) in [5.41, 5.74) is 0.931. The number of nitrogens with one attached hydrogen (secondary N) is 1. The molecule has 2 nitrogen and oxygen atoms in total. The average molecular weight is 250 g/mol. The van der Waals surface area contributed by atoms with Gasteiger partial charge in [0.1, 0.15) is 5.82 Å². The number of halogens is 1. The Morgan fingerprint density at radius 2 is 2.11 bits per heavy atom. The van der Waals surface area contributed by atoms with E-state index in [2.05, 4.69) is 31.1 Å². The number of aromatic nitrogens is 1. The summed E-state index contributed by atoms with van der Waals surface area (Å²) in [7, 11) is 0. The minimum atomic E-state index is -0.258. The van der Waals surface area contributed by atoms with Crippen LogP contribution in [-0.2, 0) is 0 Å². The second kappa shape index (κ2) is 5.79. The second-order valence-electron chi connectivity index (χ2n) is 5.83. The highest BCUT2D eigenvalue weighted by atomic mass is 19.1. The van der Waals surface area contributed by atoms with E-state index >= 15 is 0 Å². The summed E-state index contributed by atoms with van der Waals surface area (Å²) in [6.07, 6.45) is 6.79. The Labute approximate surface area is 109 Å². The molecule has 1 heterocycles. The van der Waals surface area contributed by atoms with Gasteiger partial charge in [0.05, 0.1) is 6.20 Å². The first-order chi connectivity index (χ1) is 8.56. The van der Waals surface area contributed by atoms with Crippen LogP contribution in [0.3, 0.4) is 0 Å². The summed E-state index contributed by atoms with van der Waals surface area (Å²) in [4.78, 5) is 3.91. The van der Waals surface area contributed by atoms with Crippen molar-refractivity contribution in [2.45, 2.75) is 52.1 Å². The van der Waals surface area contributed by atoms with Gasteiger partial charge in [0.2, 0.25) is 0 Å². The predicted molar refractivity (Wildman–Crippen MR) is 71.7 cm³/mol. The molecule has 1 saturated carbocycles. The van der Waals surface area contributed by atoms with Crippen LogP contribution in [0.15, 0.2) is 18.5 Å². The lowest BCUT2D eigenvalue weighted by atomic mass is 9.79. The van der Waals surface area contributed by atoms with Gasteiger partial charge in [-0.2, -0.15) is 0 Å². The lowest BCUT2D eigenvalue weighted by Crippen LogP contribution is -2.40. The van der Waals surface area contributed by atoms with E-state index in [1.54, 1.807) is 12.3 Å². The number of hydrogen-bond donors (Lipinski definition) is 1. The number of hydrogen-bond acceptors (Lipinski definition) is 2. The summed E-state index contributed by atoms with van der Waals surface area (Å²) in [6, 6.07) is 2.27. The monoisotopic (exact) mass is 250 g/mol. The lowest BCUT2D eigenvalue weighted by molar-refractivity contribution is 0.216. The summed E-state index contributed by atoms with van der Waals surface area (Å²) in [6.45, 7) is 6.72. The maximum absolute atomic E-state index is 13.1. The molecule has 4 atom stereocenters. The van der Waals surface area contributed by atoms with Crippen LogP contribution in [0.1, 0.15) is 51.6 Å². The fraction of sp³-hybridized carbons (Fsp3) is 0.667. The molecule has 100 valence electrons. The third kappa shape index (κ3) is 3.29. The molecule has 1 aromatic heterocycles. The molecule has 0 bridgehead atoms. The van der Waals surface area contributed by atoms with Crippen molar-refractivity contribution < 1.29 is 4.39 Å². The molecule has 2 rings (SSSR count). The molecule has 18 heavy (non-hydrogen) atoms. The molecular formula is C15H23FN2. The van der Waals surface area contributed by atoms with E-state index in [1.165, 1.54) is 25.5 Å². The van der Waals surface area contributed by atoms with E-state index in [4.69, 9.17) is 0 Å². The van der Waals surface area contributed by atoms with Crippen molar-refractivity contribution in [3.63, 3.8) is 0 Å². The van der Waals surface area contributed by atoms with E-state index < -0.39 is 0 Å². The van der Waals surface area contributed by atoms with E-state index in [0.717, 1.165) is 11.5 Å². The predicted octanol–water partition coefficient (Wildman–Crippen LogP) is 3.70. The van der Waals surface area contributed by atoms with Gasteiger partial charge in [-0.1, -0.05) is 13.8 Å². The van der Waals surface area contributed by atoms with E-state index in [-0.39, 0.29) is 11.9 Å². The highest BCUT2D eigenvalue weighted by molar-refractivity contribution is 5.14. The zero-order valence-corrected chi connectivity index (χ0v) is 11.5. The third-order valence-electron chi connectivity index (χ3n) is 4.12. The fourth-order valence-corrected chi connectivity index (χ4v) is 3.00. The van der Waals surface area contributed by atoms with Gasteiger partial charge < -0.3 is 5.32 Å². The normalized spacial score (nSPS) is 30.1. The standard InChI is InChI=1S/C15H23FN2/c1-10-4-5-15(11(2)6-10)18-12(3)13-7-14(16)9-17-8-13/h7-12,15,18H,4-6H2,1-3H3. The lowest BCUT2D eigenvalue weighted by Gasteiger charge is -2.35. The van der Waals surface area contributed by atoms with E-state index in [9.17, 15) is 4.39 Å². The minimum absolute atomic E-state index is 0.161. The molecule has 1 N–H and O–H groups in total. The molecule has 1 aromatic rings. The van der Waals surface area contributed by atoms with Gasteiger partial charge in [0.15, 0.2) is 0 Å². The Hall–Kier alpha value is -0.960. The van der Waals surface area contributed by atoms with Gasteiger partial charge in [-0.25, -0.2) is 4.39 Å². The minimum Gasteiger partial charge on any atom is -0.307 e. The van der Waals surface area contributed by atoms with Crippen molar-refractivity contribution in [1.82, 2.24) is 10.3 Å². The Balaban J connectivity index is 1.97. The molecule has 4 unspecified atom stereocenters. The molecule has 0 aromatic carbocycles. The van der Waals surface area contributed by atoms with Gasteiger partial charge in [-0.15, -0.1) is 0 Å². The molecule has 3 heteroatoms. The fourth-order valence-electron chi connectivity index (χ4n) is 3.00. The zero-order chi connectivity index (χ0) is 13.1. The van der Waals surface area contributed by atoms with Crippen LogP contribution in [-0.4, -0.2) is 11.0 Å². The van der Waals surface area contributed by atoms with E-state index in [0.29, 0.717) is 12.0 Å². The Morgan fingerprint density at radius 1 is 1.33 bits per heavy atom. The molecular weight excluding hydrogens is 227 g/mol. The van der Waals surface area contributed by atoms with Crippen LogP contribution in [0.2, 0.25) is 0 Å². The Bertz CT molecular complexity index is 394. The van der Waals surface area contributed by atoms with Crippen LogP contribution < -0.4 is 5.32 Å². The van der Waals surface area contributed by atoms with Crippen molar-refractivity contribution in [2.24, 2.45) is 11.8 Å². The average Bonchev–Trinajstić information content (AvgIpc) is 2.32. The topological polar surface area (TPSA) is 24.9 Å². The first-order valence-electron chi connectivity index (χ1n) is 6.92. The third-order valence-corrected chi connectivity index (χ3v) is 4.12. The van der Waals surface area contributed by atoms with Gasteiger partial charge in [0.25, 0.3) is 0 Å². The summed E-state index contributed by atoms with van der Waals surface area (Å²) < 4.78 is 13.1. The molecule has 1 fully saturated rings. The number of pyridine rings is 1. The summed E-state index contributed by atoms with van der Waals surface area (Å²) >= 11 is 0. The first-order valence-corrected chi connectivity index (χ1v) is 6.92. The van der Waals surface area contributed by atoms with Crippen molar-refractivity contribution in [2.75, 3.05) is 0 Å². The number of nitrogens with zero attached hydrogens (tertiary/aromatic N) is 1. The highest BCUT2D eigenvalue weighted by Crippen LogP contribution is 2.30. The van der Waals surface area contributed by atoms with Crippen molar-refractivity contribution in [3.05, 3.63) is 29.8 Å². The van der Waals surface area contributed by atoms with Crippen LogP contribution in [0.25, 0.3) is 0 Å². The molecule has 0 aliphatic heterocycles. The maximum atomic E-state index is 13.1. The highest BCUT2D eigenvalue weighted by Gasteiger charge is 2.26. The molecule has 0 saturated heterocycles. The maximum Gasteiger partial charge on any atom is 0.141 e. The van der Waals surface area contributed by atoms with Crippen molar-refractivity contribution in [3.8, 4) is 0 Å². The van der Waals surface area contributed by atoms with Gasteiger partial charge in [-0.3, -0.25) is 4.98 Å². The van der Waals surface area contributed by atoms with Gasteiger partial charge >= 0.3 is 0 Å². The van der Waals surface area contributed by atoms with Crippen LogP contribution in [0.4, 0.5) is 4.39 Å². The molecule has 0 radical (unpaired) electrons. The van der Waals surface area contributed by atoms with Crippen LogP contribution in [0, 0.1) is 17.7 Å². The van der Waals surface area contributed by atoms with E-state index in [1.807, 2.05) is 0 Å². The smallest absolute Gasteiger partial charge is 0.141 e. The van der Waals surface area contributed by atoms with Gasteiger partial charge in [0, 0.05) is 18.3 Å². The molecule has 0 amide bonds. The second-order valence-corrected chi connectivity index (χ2v) is 5.83. The summed E-state index contributed by atoms with van der Waals surface area (Å²) in [5.74, 6) is 1.27. The number of rotatable bonds is 3. The Morgan fingerprint density at radius 3 is 2.78 bits per heavy atom. The van der Waals surface area contributed by atoms with Gasteiger partial charge in [-0.05, 0) is 49.7 Å². The quantitative estimate of drug-likeness (QED) is 0.885. The van der Waals surface area contributed by atoms with Crippen LogP contribution in [0.5, 0.6) is 0 Å². The molecule has 1 aliphatic carbocycles. The SMILES string of the molecule is CC1CCC(NC(C)c2cncc(F)c2)C(C)C1. The Kier molecular flexibility index (Phi) is 4.33. The summed E-state index contributed by atoms with van der Waals surface area (Å²) in [5, 5.41) is 3.63. The van der Waals surface area contributed by atoms with Crippen molar-refractivity contribution in [1.29, 1.82) is 0 Å². The largest absolute Gasteiger partial charge is 0.307 e. The van der Waals surface area contributed by atoms with Crippen LogP contribution >= 0.6 is 0 Å². The van der Waals surface area contributed by atoms with Crippen molar-refractivity contribution >= 4 is 0 Å². The molecule has 0 spiro atoms. The zero-order valence-electron chi connectivity index (χ0n) is 11.5. The molecule has 1 aliphatic rings. The first kappa shape index (κ1) is 13.5.